The highest BCUT2D eigenvalue weighted by atomic mass is 15.0. The van der Waals surface area contributed by atoms with Crippen LogP contribution in [-0.2, 0) is 6.54 Å². The third kappa shape index (κ3) is 2.79. The van der Waals surface area contributed by atoms with E-state index in [4.69, 9.17) is 4.98 Å². The van der Waals surface area contributed by atoms with Gasteiger partial charge in [0, 0.05) is 36.4 Å². The summed E-state index contributed by atoms with van der Waals surface area (Å²) in [7, 11) is 0. The van der Waals surface area contributed by atoms with Crippen LogP contribution < -0.4 is 5.32 Å². The Morgan fingerprint density at radius 3 is 2.82 bits per heavy atom. The van der Waals surface area contributed by atoms with Crippen molar-refractivity contribution in [3.63, 3.8) is 0 Å². The Balaban J connectivity index is 1.68. The Kier molecular flexibility index (Phi) is 3.69. The van der Waals surface area contributed by atoms with Crippen molar-refractivity contribution in [1.82, 2.24) is 14.9 Å². The number of hydrogen-bond acceptors (Lipinski definition) is 2. The maximum atomic E-state index is 4.78. The molecule has 1 unspecified atom stereocenters. The molecular weight excluding hydrogens is 270 g/mol. The summed E-state index contributed by atoms with van der Waals surface area (Å²) >= 11 is 0. The number of fused-ring (bicyclic) bond motifs is 1. The molecule has 0 aromatic carbocycles. The molecule has 118 valence electrons. The van der Waals surface area contributed by atoms with Gasteiger partial charge in [-0.25, -0.2) is 0 Å². The number of hydrogen-bond donors (Lipinski definition) is 1. The highest BCUT2D eigenvalue weighted by Gasteiger charge is 2.28. The van der Waals surface area contributed by atoms with Gasteiger partial charge in [0.25, 0.3) is 0 Å². The fourth-order valence-electron chi connectivity index (χ4n) is 3.39. The van der Waals surface area contributed by atoms with E-state index in [1.165, 1.54) is 60.7 Å². The summed E-state index contributed by atoms with van der Waals surface area (Å²) in [5, 5.41) is 5.06. The minimum absolute atomic E-state index is 0.357. The standard InChI is InChI=1S/C19H27N3/c1-3-4-9-22-12-17(14-5-6-14)16-11-20-18(10-19(16)22)13(2)21-15-7-8-15/h10-15,21H,3-9H2,1-2H3. The predicted octanol–water partition coefficient (Wildman–Crippen LogP) is 4.53. The number of aromatic nitrogens is 2. The van der Waals surface area contributed by atoms with Crippen molar-refractivity contribution in [2.45, 2.75) is 76.9 Å². The molecule has 1 atom stereocenters. The average molecular weight is 297 g/mol. The number of pyridine rings is 1. The molecule has 0 amide bonds. The molecule has 0 spiro atoms. The Hall–Kier alpha value is -1.35. The monoisotopic (exact) mass is 297 g/mol. The van der Waals surface area contributed by atoms with Crippen molar-refractivity contribution < 1.29 is 0 Å². The summed E-state index contributed by atoms with van der Waals surface area (Å²) in [5.74, 6) is 0.792. The lowest BCUT2D eigenvalue weighted by atomic mass is 10.1. The van der Waals surface area contributed by atoms with Crippen molar-refractivity contribution >= 4 is 10.9 Å². The first-order chi connectivity index (χ1) is 10.8. The van der Waals surface area contributed by atoms with Crippen LogP contribution in [0.4, 0.5) is 0 Å². The van der Waals surface area contributed by atoms with E-state index < -0.39 is 0 Å². The van der Waals surface area contributed by atoms with Crippen molar-refractivity contribution in [3.8, 4) is 0 Å². The maximum absolute atomic E-state index is 4.78. The summed E-state index contributed by atoms with van der Waals surface area (Å²) in [5.41, 5.74) is 4.12. The molecule has 2 saturated carbocycles. The second-order valence-corrected chi connectivity index (χ2v) is 7.19. The van der Waals surface area contributed by atoms with Crippen LogP contribution in [0.3, 0.4) is 0 Å². The van der Waals surface area contributed by atoms with Crippen LogP contribution >= 0.6 is 0 Å². The van der Waals surface area contributed by atoms with Crippen LogP contribution in [0.5, 0.6) is 0 Å². The van der Waals surface area contributed by atoms with E-state index in [1.807, 2.05) is 0 Å². The molecule has 4 rings (SSSR count). The second-order valence-electron chi connectivity index (χ2n) is 7.19. The lowest BCUT2D eigenvalue weighted by molar-refractivity contribution is 0.558. The van der Waals surface area contributed by atoms with Crippen LogP contribution in [0, 0.1) is 0 Å². The predicted molar refractivity (Wildman–Crippen MR) is 91.2 cm³/mol. The lowest BCUT2D eigenvalue weighted by Crippen LogP contribution is -2.21. The summed E-state index contributed by atoms with van der Waals surface area (Å²) in [6.07, 6.45) is 12.4. The largest absolute Gasteiger partial charge is 0.347 e. The molecule has 3 heteroatoms. The minimum Gasteiger partial charge on any atom is -0.347 e. The zero-order valence-electron chi connectivity index (χ0n) is 13.8. The van der Waals surface area contributed by atoms with Gasteiger partial charge in [0.15, 0.2) is 0 Å². The van der Waals surface area contributed by atoms with Gasteiger partial charge in [0.05, 0.1) is 11.2 Å². The van der Waals surface area contributed by atoms with Crippen LogP contribution in [0.2, 0.25) is 0 Å². The SMILES string of the molecule is CCCCn1cc(C2CC2)c2cnc(C(C)NC3CC3)cc21. The van der Waals surface area contributed by atoms with E-state index in [1.54, 1.807) is 0 Å². The molecular formula is C19H27N3. The normalized spacial score (nSPS) is 19.7. The third-order valence-electron chi connectivity index (χ3n) is 5.10. The van der Waals surface area contributed by atoms with E-state index in [0.717, 1.165) is 18.5 Å². The zero-order valence-corrected chi connectivity index (χ0v) is 13.8. The minimum atomic E-state index is 0.357. The molecule has 22 heavy (non-hydrogen) atoms. The van der Waals surface area contributed by atoms with Gasteiger partial charge in [-0.15, -0.1) is 0 Å². The maximum Gasteiger partial charge on any atom is 0.0591 e. The first-order valence-corrected chi connectivity index (χ1v) is 9.01. The first-order valence-electron chi connectivity index (χ1n) is 9.01. The van der Waals surface area contributed by atoms with Crippen molar-refractivity contribution in [2.24, 2.45) is 0 Å². The number of rotatable bonds is 7. The van der Waals surface area contributed by atoms with Gasteiger partial charge >= 0.3 is 0 Å². The fourth-order valence-corrected chi connectivity index (χ4v) is 3.39. The van der Waals surface area contributed by atoms with E-state index in [9.17, 15) is 0 Å². The van der Waals surface area contributed by atoms with Gasteiger partial charge in [0.1, 0.15) is 0 Å². The Morgan fingerprint density at radius 2 is 2.14 bits per heavy atom. The molecule has 0 bridgehead atoms. The summed E-state index contributed by atoms with van der Waals surface area (Å²) in [6, 6.07) is 3.41. The van der Waals surface area contributed by atoms with E-state index in [0.29, 0.717) is 6.04 Å². The molecule has 2 aliphatic rings. The Morgan fingerprint density at radius 1 is 1.32 bits per heavy atom. The summed E-state index contributed by atoms with van der Waals surface area (Å²) in [6.45, 7) is 5.64. The number of nitrogens with one attached hydrogen (secondary N) is 1. The van der Waals surface area contributed by atoms with Gasteiger partial charge in [0.2, 0.25) is 0 Å². The Labute approximate surface area is 133 Å². The highest BCUT2D eigenvalue weighted by Crippen LogP contribution is 2.44. The van der Waals surface area contributed by atoms with Gasteiger partial charge in [-0.2, -0.15) is 0 Å². The van der Waals surface area contributed by atoms with Crippen LogP contribution in [0.1, 0.15) is 75.6 Å². The van der Waals surface area contributed by atoms with Gasteiger partial charge in [-0.1, -0.05) is 13.3 Å². The lowest BCUT2D eigenvalue weighted by Gasteiger charge is -2.13. The highest BCUT2D eigenvalue weighted by molar-refractivity contribution is 5.84. The molecule has 2 aliphatic carbocycles. The van der Waals surface area contributed by atoms with Crippen molar-refractivity contribution in [3.05, 3.63) is 29.7 Å². The first kappa shape index (κ1) is 14.3. The van der Waals surface area contributed by atoms with E-state index >= 15 is 0 Å². The number of unbranched alkanes of at least 4 members (excludes halogenated alkanes) is 1. The van der Waals surface area contributed by atoms with Crippen molar-refractivity contribution in [1.29, 1.82) is 0 Å². The molecule has 0 radical (unpaired) electrons. The Bertz CT molecular complexity index is 665. The smallest absolute Gasteiger partial charge is 0.0591 e. The molecule has 2 aromatic heterocycles. The molecule has 2 heterocycles. The molecule has 3 nitrogen and oxygen atoms in total. The molecule has 2 fully saturated rings. The van der Waals surface area contributed by atoms with Gasteiger partial charge < -0.3 is 9.88 Å². The fraction of sp³-hybridized carbons (Fsp3) is 0.632. The molecule has 1 N–H and O–H groups in total. The average Bonchev–Trinajstić information content (AvgIpc) is 3.44. The number of aryl methyl sites for hydroxylation is 1. The third-order valence-corrected chi connectivity index (χ3v) is 5.10. The topological polar surface area (TPSA) is 29.9 Å². The number of nitrogens with zero attached hydrogens (tertiary/aromatic N) is 2. The van der Waals surface area contributed by atoms with Crippen molar-refractivity contribution in [2.75, 3.05) is 0 Å². The van der Waals surface area contributed by atoms with E-state index in [2.05, 4.69) is 42.2 Å². The zero-order chi connectivity index (χ0) is 15.1. The van der Waals surface area contributed by atoms with Crippen LogP contribution in [0.15, 0.2) is 18.5 Å². The van der Waals surface area contributed by atoms with Gasteiger partial charge in [-0.3, -0.25) is 4.98 Å². The van der Waals surface area contributed by atoms with Crippen LogP contribution in [0.25, 0.3) is 10.9 Å². The van der Waals surface area contributed by atoms with Crippen LogP contribution in [-0.4, -0.2) is 15.6 Å². The van der Waals surface area contributed by atoms with E-state index in [-0.39, 0.29) is 0 Å². The molecule has 0 saturated heterocycles. The second kappa shape index (κ2) is 5.69. The molecule has 0 aliphatic heterocycles. The summed E-state index contributed by atoms with van der Waals surface area (Å²) in [4.78, 5) is 4.78. The quantitative estimate of drug-likeness (QED) is 0.814. The summed E-state index contributed by atoms with van der Waals surface area (Å²) < 4.78 is 2.47. The van der Waals surface area contributed by atoms with Gasteiger partial charge in [-0.05, 0) is 56.6 Å². The molecule has 2 aromatic rings.